The largest absolute Gasteiger partial charge is 0.318 e. The summed E-state index contributed by atoms with van der Waals surface area (Å²) in [6, 6.07) is 5.97. The maximum Gasteiger partial charge on any atom is 0.266 e. The van der Waals surface area contributed by atoms with Crippen LogP contribution in [0.5, 0.6) is 0 Å². The van der Waals surface area contributed by atoms with Crippen molar-refractivity contribution in [2.75, 3.05) is 6.54 Å². The number of thiophene rings is 1. The standard InChI is InChI=1S/C18H17Cl2N3O3S3/c1-22-16-13(8-7-11(19)15(16)20)28-18(22)21-17(24)12-5-2-3-9-23(12)29(25,26)14-6-4-10-27-14/h4,6-8,10,12H,2-3,5,9H2,1H3. The zero-order valence-corrected chi connectivity index (χ0v) is 19.3. The number of hydrogen-bond acceptors (Lipinski definition) is 5. The average molecular weight is 490 g/mol. The number of nitrogens with zero attached hydrogens (tertiary/aromatic N) is 3. The Labute approximate surface area is 186 Å². The van der Waals surface area contributed by atoms with Crippen LogP contribution in [0.15, 0.2) is 38.8 Å². The van der Waals surface area contributed by atoms with Crippen LogP contribution in [0.25, 0.3) is 10.2 Å². The van der Waals surface area contributed by atoms with Crippen molar-refractivity contribution >= 4 is 72.0 Å². The van der Waals surface area contributed by atoms with Crippen LogP contribution < -0.4 is 4.80 Å². The van der Waals surface area contributed by atoms with E-state index in [1.165, 1.54) is 15.6 Å². The highest BCUT2D eigenvalue weighted by Gasteiger charge is 2.38. The predicted octanol–water partition coefficient (Wildman–Crippen LogP) is 4.28. The second-order valence-corrected chi connectivity index (χ2v) is 11.5. The Kier molecular flexibility index (Phi) is 5.89. The Morgan fingerprint density at radius 2 is 2.03 bits per heavy atom. The Balaban J connectivity index is 1.74. The third-order valence-electron chi connectivity index (χ3n) is 4.86. The number of carbonyl (C=O) groups excluding carboxylic acids is 1. The van der Waals surface area contributed by atoms with Crippen molar-refractivity contribution in [2.24, 2.45) is 12.0 Å². The SMILES string of the molecule is Cn1c(=NC(=O)C2CCCCN2S(=O)(=O)c2cccs2)sc2ccc(Cl)c(Cl)c21. The molecule has 0 aliphatic carbocycles. The van der Waals surface area contributed by atoms with Crippen molar-refractivity contribution in [2.45, 2.75) is 29.5 Å². The number of aryl methyl sites for hydroxylation is 1. The molecule has 0 saturated carbocycles. The summed E-state index contributed by atoms with van der Waals surface area (Å²) < 4.78 is 30.1. The Hall–Kier alpha value is -1.23. The van der Waals surface area contributed by atoms with Gasteiger partial charge in [-0.3, -0.25) is 4.79 Å². The van der Waals surface area contributed by atoms with E-state index >= 15 is 0 Å². The van der Waals surface area contributed by atoms with E-state index in [9.17, 15) is 13.2 Å². The van der Waals surface area contributed by atoms with E-state index in [2.05, 4.69) is 4.99 Å². The van der Waals surface area contributed by atoms with Crippen LogP contribution in [0.4, 0.5) is 0 Å². The minimum absolute atomic E-state index is 0.242. The Morgan fingerprint density at radius 1 is 1.24 bits per heavy atom. The number of aromatic nitrogens is 1. The van der Waals surface area contributed by atoms with E-state index < -0.39 is 22.0 Å². The molecule has 0 spiro atoms. The number of amides is 1. The van der Waals surface area contributed by atoms with Crippen molar-refractivity contribution in [3.8, 4) is 0 Å². The number of rotatable bonds is 3. The number of hydrogen-bond donors (Lipinski definition) is 0. The minimum Gasteiger partial charge on any atom is -0.318 e. The normalized spacial score (nSPS) is 19.1. The van der Waals surface area contributed by atoms with E-state index in [-0.39, 0.29) is 4.21 Å². The molecule has 0 bridgehead atoms. The molecule has 1 aromatic carbocycles. The molecule has 1 atom stereocenters. The van der Waals surface area contributed by atoms with Gasteiger partial charge in [-0.2, -0.15) is 9.30 Å². The molecule has 1 unspecified atom stereocenters. The maximum absolute atomic E-state index is 13.0. The van der Waals surface area contributed by atoms with E-state index in [1.807, 2.05) is 6.07 Å². The van der Waals surface area contributed by atoms with Crippen molar-refractivity contribution in [3.05, 3.63) is 44.5 Å². The second kappa shape index (κ2) is 8.13. The Bertz CT molecular complexity index is 1250. The van der Waals surface area contributed by atoms with Crippen LogP contribution in [0.1, 0.15) is 19.3 Å². The molecule has 3 aromatic rings. The van der Waals surface area contributed by atoms with Crippen LogP contribution in [-0.2, 0) is 21.9 Å². The lowest BCUT2D eigenvalue weighted by Gasteiger charge is -2.31. The molecule has 1 aliphatic heterocycles. The van der Waals surface area contributed by atoms with Gasteiger partial charge in [0.25, 0.3) is 15.9 Å². The van der Waals surface area contributed by atoms with Gasteiger partial charge >= 0.3 is 0 Å². The first kappa shape index (κ1) is 21.0. The molecular weight excluding hydrogens is 473 g/mol. The predicted molar refractivity (Wildman–Crippen MR) is 117 cm³/mol. The number of piperidine rings is 1. The molecule has 0 radical (unpaired) electrons. The van der Waals surface area contributed by atoms with Gasteiger partial charge in [-0.15, -0.1) is 11.3 Å². The van der Waals surface area contributed by atoms with E-state index in [1.54, 1.807) is 35.2 Å². The first-order valence-electron chi connectivity index (χ1n) is 8.88. The summed E-state index contributed by atoms with van der Waals surface area (Å²) in [6.45, 7) is 0.312. The molecule has 3 heterocycles. The van der Waals surface area contributed by atoms with Crippen LogP contribution in [0, 0.1) is 0 Å². The summed E-state index contributed by atoms with van der Waals surface area (Å²) in [5, 5.41) is 2.53. The van der Waals surface area contributed by atoms with Gasteiger partial charge in [0, 0.05) is 13.6 Å². The zero-order valence-electron chi connectivity index (χ0n) is 15.3. The Morgan fingerprint density at radius 3 is 2.76 bits per heavy atom. The van der Waals surface area contributed by atoms with Gasteiger partial charge in [0.2, 0.25) is 0 Å². The fraction of sp³-hybridized carbons (Fsp3) is 0.333. The minimum atomic E-state index is -3.72. The third-order valence-corrected chi connectivity index (χ3v) is 10.0. The summed E-state index contributed by atoms with van der Waals surface area (Å²) in [5.41, 5.74) is 0.697. The summed E-state index contributed by atoms with van der Waals surface area (Å²) in [4.78, 5) is 17.8. The van der Waals surface area contributed by atoms with Gasteiger partial charge in [-0.25, -0.2) is 8.42 Å². The van der Waals surface area contributed by atoms with Gasteiger partial charge < -0.3 is 4.57 Å². The van der Waals surface area contributed by atoms with Gasteiger partial charge in [0.1, 0.15) is 10.3 Å². The van der Waals surface area contributed by atoms with Crippen LogP contribution >= 0.6 is 45.9 Å². The van der Waals surface area contributed by atoms with Crippen molar-refractivity contribution in [1.82, 2.24) is 8.87 Å². The summed E-state index contributed by atoms with van der Waals surface area (Å²) in [5.74, 6) is -0.464. The summed E-state index contributed by atoms with van der Waals surface area (Å²) >= 11 is 14.9. The summed E-state index contributed by atoms with van der Waals surface area (Å²) in [7, 11) is -1.97. The molecule has 29 heavy (non-hydrogen) atoms. The topological polar surface area (TPSA) is 71.7 Å². The van der Waals surface area contributed by atoms with Crippen LogP contribution in [0.2, 0.25) is 10.0 Å². The van der Waals surface area contributed by atoms with Gasteiger partial charge in [-0.1, -0.05) is 47.0 Å². The molecule has 1 saturated heterocycles. The molecule has 4 rings (SSSR count). The molecule has 1 fully saturated rings. The molecule has 0 N–H and O–H groups in total. The van der Waals surface area contributed by atoms with Gasteiger partial charge in [-0.05, 0) is 36.4 Å². The first-order valence-corrected chi connectivity index (χ1v) is 12.8. The monoisotopic (exact) mass is 489 g/mol. The maximum atomic E-state index is 13.0. The molecule has 6 nitrogen and oxygen atoms in total. The van der Waals surface area contributed by atoms with Crippen molar-refractivity contribution in [3.63, 3.8) is 0 Å². The van der Waals surface area contributed by atoms with Crippen LogP contribution in [0.3, 0.4) is 0 Å². The molecule has 154 valence electrons. The van der Waals surface area contributed by atoms with Gasteiger partial charge in [0.05, 0.1) is 20.3 Å². The molecular formula is C18H17Cl2N3O3S3. The lowest BCUT2D eigenvalue weighted by atomic mass is 10.0. The highest BCUT2D eigenvalue weighted by atomic mass is 35.5. The number of fused-ring (bicyclic) bond motifs is 1. The van der Waals surface area contributed by atoms with E-state index in [0.29, 0.717) is 33.3 Å². The third kappa shape index (κ3) is 3.80. The fourth-order valence-corrected chi connectivity index (χ4v) is 7.71. The number of sulfonamides is 1. The molecule has 2 aromatic heterocycles. The average Bonchev–Trinajstić information content (AvgIpc) is 3.35. The number of thiazole rings is 1. The quantitative estimate of drug-likeness (QED) is 0.550. The highest BCUT2D eigenvalue weighted by molar-refractivity contribution is 7.91. The molecule has 1 aliphatic rings. The van der Waals surface area contributed by atoms with E-state index in [0.717, 1.165) is 28.9 Å². The molecule has 11 heteroatoms. The number of carbonyl (C=O) groups is 1. The van der Waals surface area contributed by atoms with Crippen molar-refractivity contribution < 1.29 is 13.2 Å². The summed E-state index contributed by atoms with van der Waals surface area (Å²) in [6.07, 6.45) is 1.95. The number of halogens is 2. The smallest absolute Gasteiger partial charge is 0.266 e. The molecule has 1 amide bonds. The first-order chi connectivity index (χ1) is 13.8. The van der Waals surface area contributed by atoms with Crippen LogP contribution in [-0.4, -0.2) is 35.8 Å². The van der Waals surface area contributed by atoms with Gasteiger partial charge in [0.15, 0.2) is 4.80 Å². The lowest BCUT2D eigenvalue weighted by molar-refractivity contribution is -0.122. The lowest BCUT2D eigenvalue weighted by Crippen LogP contribution is -2.47. The fourth-order valence-electron chi connectivity index (χ4n) is 3.41. The number of benzene rings is 1. The second-order valence-electron chi connectivity index (χ2n) is 6.66. The van der Waals surface area contributed by atoms with Crippen molar-refractivity contribution in [1.29, 1.82) is 0 Å². The van der Waals surface area contributed by atoms with E-state index in [4.69, 9.17) is 23.2 Å². The highest BCUT2D eigenvalue weighted by Crippen LogP contribution is 2.32. The zero-order chi connectivity index (χ0) is 20.8.